The minimum absolute atomic E-state index is 0.0165. The van der Waals surface area contributed by atoms with E-state index in [1.165, 1.54) is 5.56 Å². The third kappa shape index (κ3) is 7.35. The number of rotatable bonds is 12. The molecule has 0 saturated carbocycles. The number of aliphatic hydroxyl groups excluding tert-OH is 1. The summed E-state index contributed by atoms with van der Waals surface area (Å²) in [6.07, 6.45) is 2.48. The molecule has 0 unspecified atom stereocenters. The second-order valence-electron chi connectivity index (χ2n) is 7.71. The first-order chi connectivity index (χ1) is 15.3. The van der Waals surface area contributed by atoms with Gasteiger partial charge in [0.05, 0.1) is 12.6 Å². The Labute approximate surface area is 185 Å². The Kier molecular flexibility index (Phi) is 9.30. The van der Waals surface area contributed by atoms with E-state index >= 15 is 0 Å². The first-order valence-electron chi connectivity index (χ1n) is 11.0. The Hall–Kier alpha value is -2.95. The van der Waals surface area contributed by atoms with Gasteiger partial charge < -0.3 is 10.4 Å². The van der Waals surface area contributed by atoms with Gasteiger partial charge in [0.25, 0.3) is 0 Å². The summed E-state index contributed by atoms with van der Waals surface area (Å²) in [5.41, 5.74) is 3.57. The van der Waals surface area contributed by atoms with E-state index in [0.29, 0.717) is 26.1 Å². The summed E-state index contributed by atoms with van der Waals surface area (Å²) in [7, 11) is 0. The number of amides is 1. The van der Waals surface area contributed by atoms with Gasteiger partial charge >= 0.3 is 0 Å². The van der Waals surface area contributed by atoms with Gasteiger partial charge in [-0.15, -0.1) is 0 Å². The van der Waals surface area contributed by atoms with Crippen molar-refractivity contribution in [2.24, 2.45) is 0 Å². The summed E-state index contributed by atoms with van der Waals surface area (Å²) < 4.78 is 0. The fourth-order valence-electron chi connectivity index (χ4n) is 3.86. The predicted octanol–water partition coefficient (Wildman–Crippen LogP) is 4.21. The molecule has 4 nitrogen and oxygen atoms in total. The smallest absolute Gasteiger partial charge is 0.234 e. The van der Waals surface area contributed by atoms with Gasteiger partial charge in [-0.05, 0) is 36.0 Å². The normalized spacial score (nSPS) is 11.1. The first kappa shape index (κ1) is 22.7. The fourth-order valence-corrected chi connectivity index (χ4v) is 3.86. The molecule has 31 heavy (non-hydrogen) atoms. The number of benzene rings is 3. The van der Waals surface area contributed by atoms with Crippen LogP contribution in [0.1, 0.15) is 35.6 Å². The molecule has 0 aliphatic carbocycles. The fraction of sp³-hybridized carbons (Fsp3) is 0.296. The molecule has 0 aliphatic heterocycles. The molecule has 0 radical (unpaired) electrons. The van der Waals surface area contributed by atoms with Crippen LogP contribution < -0.4 is 5.32 Å². The van der Waals surface area contributed by atoms with Crippen molar-refractivity contribution in [3.05, 3.63) is 108 Å². The monoisotopic (exact) mass is 416 g/mol. The van der Waals surface area contributed by atoms with Gasteiger partial charge in [0.1, 0.15) is 0 Å². The second kappa shape index (κ2) is 12.7. The van der Waals surface area contributed by atoms with Gasteiger partial charge in [-0.1, -0.05) is 91.0 Å². The SMILES string of the molecule is O=C(CN(CCCO)C(c1ccccc1)c1ccccc1)NCCCc1ccccc1. The highest BCUT2D eigenvalue weighted by atomic mass is 16.3. The van der Waals surface area contributed by atoms with E-state index in [9.17, 15) is 9.90 Å². The van der Waals surface area contributed by atoms with Crippen molar-refractivity contribution in [3.63, 3.8) is 0 Å². The number of hydrogen-bond acceptors (Lipinski definition) is 3. The van der Waals surface area contributed by atoms with Crippen LogP contribution in [0.3, 0.4) is 0 Å². The molecule has 1 amide bonds. The number of aryl methyl sites for hydroxylation is 1. The molecule has 3 aromatic rings. The van der Waals surface area contributed by atoms with E-state index in [2.05, 4.69) is 46.6 Å². The zero-order valence-electron chi connectivity index (χ0n) is 18.0. The molecular weight excluding hydrogens is 384 g/mol. The summed E-state index contributed by atoms with van der Waals surface area (Å²) in [5.74, 6) is 0.0165. The zero-order chi connectivity index (χ0) is 21.7. The van der Waals surface area contributed by atoms with Crippen LogP contribution in [0.25, 0.3) is 0 Å². The standard InChI is InChI=1S/C27H32N2O2/c30-21-11-20-29(22-26(31)28-19-10-14-23-12-4-1-5-13-23)27(24-15-6-2-7-16-24)25-17-8-3-9-18-25/h1-9,12-13,15-18,27,30H,10-11,14,19-22H2,(H,28,31). The molecule has 2 N–H and O–H groups in total. The number of carbonyl (C=O) groups is 1. The maximum absolute atomic E-state index is 12.8. The van der Waals surface area contributed by atoms with Gasteiger partial charge in [-0.3, -0.25) is 9.69 Å². The lowest BCUT2D eigenvalue weighted by molar-refractivity contribution is -0.122. The van der Waals surface area contributed by atoms with Crippen molar-refractivity contribution in [2.75, 3.05) is 26.2 Å². The predicted molar refractivity (Wildman–Crippen MR) is 126 cm³/mol. The van der Waals surface area contributed by atoms with Gasteiger partial charge in [0, 0.05) is 19.7 Å². The Balaban J connectivity index is 1.66. The molecule has 0 spiro atoms. The van der Waals surface area contributed by atoms with E-state index in [-0.39, 0.29) is 18.6 Å². The molecule has 0 aliphatic rings. The van der Waals surface area contributed by atoms with E-state index in [1.807, 2.05) is 54.6 Å². The minimum Gasteiger partial charge on any atom is -0.396 e. The average Bonchev–Trinajstić information content (AvgIpc) is 2.82. The maximum Gasteiger partial charge on any atom is 0.234 e. The lowest BCUT2D eigenvalue weighted by Crippen LogP contribution is -2.40. The Morgan fingerprint density at radius 1 is 0.806 bits per heavy atom. The second-order valence-corrected chi connectivity index (χ2v) is 7.71. The van der Waals surface area contributed by atoms with Gasteiger partial charge in [-0.25, -0.2) is 0 Å². The van der Waals surface area contributed by atoms with E-state index in [0.717, 1.165) is 24.0 Å². The Morgan fingerprint density at radius 3 is 1.90 bits per heavy atom. The lowest BCUT2D eigenvalue weighted by atomic mass is 9.96. The topological polar surface area (TPSA) is 52.6 Å². The third-order valence-corrected chi connectivity index (χ3v) is 5.35. The van der Waals surface area contributed by atoms with E-state index < -0.39 is 0 Å². The number of carbonyl (C=O) groups excluding carboxylic acids is 1. The van der Waals surface area contributed by atoms with Gasteiger partial charge in [0.15, 0.2) is 0 Å². The van der Waals surface area contributed by atoms with E-state index in [1.54, 1.807) is 0 Å². The lowest BCUT2D eigenvalue weighted by Gasteiger charge is -2.32. The molecule has 0 bridgehead atoms. The van der Waals surface area contributed by atoms with Crippen LogP contribution in [-0.4, -0.2) is 42.2 Å². The number of aliphatic hydroxyl groups is 1. The largest absolute Gasteiger partial charge is 0.396 e. The number of nitrogens with zero attached hydrogens (tertiary/aromatic N) is 1. The van der Waals surface area contributed by atoms with E-state index in [4.69, 9.17) is 0 Å². The quantitative estimate of drug-likeness (QED) is 0.435. The number of nitrogens with one attached hydrogen (secondary N) is 1. The average molecular weight is 417 g/mol. The highest BCUT2D eigenvalue weighted by Gasteiger charge is 2.24. The summed E-state index contributed by atoms with van der Waals surface area (Å²) in [4.78, 5) is 14.9. The zero-order valence-corrected chi connectivity index (χ0v) is 18.0. The van der Waals surface area contributed by atoms with Crippen LogP contribution in [0.2, 0.25) is 0 Å². The molecule has 3 rings (SSSR count). The van der Waals surface area contributed by atoms with Crippen LogP contribution in [0.4, 0.5) is 0 Å². The van der Waals surface area contributed by atoms with Crippen LogP contribution in [-0.2, 0) is 11.2 Å². The molecule has 0 aromatic heterocycles. The van der Waals surface area contributed by atoms with Gasteiger partial charge in [0.2, 0.25) is 5.91 Å². The maximum atomic E-state index is 12.8. The van der Waals surface area contributed by atoms with Crippen LogP contribution >= 0.6 is 0 Å². The molecule has 162 valence electrons. The van der Waals surface area contributed by atoms with Crippen molar-refractivity contribution in [1.82, 2.24) is 10.2 Å². The summed E-state index contributed by atoms with van der Waals surface area (Å²) in [5, 5.41) is 12.5. The van der Waals surface area contributed by atoms with Crippen molar-refractivity contribution < 1.29 is 9.90 Å². The molecule has 4 heteroatoms. The molecule has 0 saturated heterocycles. The first-order valence-corrected chi connectivity index (χ1v) is 11.0. The molecule has 0 heterocycles. The van der Waals surface area contributed by atoms with Crippen molar-refractivity contribution in [2.45, 2.75) is 25.3 Å². The summed E-state index contributed by atoms with van der Waals surface area (Å²) >= 11 is 0. The minimum atomic E-state index is -0.0379. The number of hydrogen-bond donors (Lipinski definition) is 2. The van der Waals surface area contributed by atoms with Crippen molar-refractivity contribution in [1.29, 1.82) is 0 Å². The Morgan fingerprint density at radius 2 is 1.35 bits per heavy atom. The summed E-state index contributed by atoms with van der Waals surface area (Å²) in [6.45, 7) is 1.69. The third-order valence-electron chi connectivity index (χ3n) is 5.35. The molecule has 3 aromatic carbocycles. The molecule has 0 fully saturated rings. The van der Waals surface area contributed by atoms with Crippen LogP contribution in [0.15, 0.2) is 91.0 Å². The van der Waals surface area contributed by atoms with Crippen molar-refractivity contribution >= 4 is 5.91 Å². The van der Waals surface area contributed by atoms with Crippen LogP contribution in [0, 0.1) is 0 Å². The highest BCUT2D eigenvalue weighted by Crippen LogP contribution is 2.28. The summed E-state index contributed by atoms with van der Waals surface area (Å²) in [6, 6.07) is 30.8. The molecule has 0 atom stereocenters. The Bertz CT molecular complexity index is 845. The van der Waals surface area contributed by atoms with Crippen molar-refractivity contribution in [3.8, 4) is 0 Å². The molecular formula is C27H32N2O2. The van der Waals surface area contributed by atoms with Crippen LogP contribution in [0.5, 0.6) is 0 Å². The van der Waals surface area contributed by atoms with Gasteiger partial charge in [-0.2, -0.15) is 0 Å². The highest BCUT2D eigenvalue weighted by molar-refractivity contribution is 5.78.